The highest BCUT2D eigenvalue weighted by Crippen LogP contribution is 2.15. The van der Waals surface area contributed by atoms with Gasteiger partial charge in [-0.05, 0) is 55.5 Å². The number of anilines is 2. The third-order valence-electron chi connectivity index (χ3n) is 5.04. The van der Waals surface area contributed by atoms with Crippen molar-refractivity contribution < 1.29 is 28.1 Å². The lowest BCUT2D eigenvalue weighted by atomic mass is 10.1. The molecule has 1 atom stereocenters. The molecule has 0 saturated carbocycles. The number of aryl methyl sites for hydroxylation is 1. The first-order valence-electron chi connectivity index (χ1n) is 11.1. The molecule has 0 aliphatic heterocycles. The van der Waals surface area contributed by atoms with Gasteiger partial charge in [0.05, 0.1) is 17.4 Å². The van der Waals surface area contributed by atoms with Gasteiger partial charge in [-0.3, -0.25) is 19.1 Å². The summed E-state index contributed by atoms with van der Waals surface area (Å²) in [6.45, 7) is 1.77. The maximum atomic E-state index is 12.6. The second-order valence-electron chi connectivity index (χ2n) is 8.16. The lowest BCUT2D eigenvalue weighted by Gasteiger charge is -2.09. The molecular formula is C26H26N4O6S. The summed E-state index contributed by atoms with van der Waals surface area (Å²) in [7, 11) is -2.84. The quantitative estimate of drug-likeness (QED) is 0.199. The van der Waals surface area contributed by atoms with Gasteiger partial charge in [0.15, 0.2) is 5.76 Å². The zero-order valence-corrected chi connectivity index (χ0v) is 21.1. The number of carbonyl (C=O) groups excluding carboxylic acids is 2. The Balaban J connectivity index is 1.73. The Hall–Kier alpha value is -4.56. The van der Waals surface area contributed by atoms with E-state index in [0.717, 1.165) is 5.56 Å². The number of nitrogens with two attached hydrogens (primary N) is 1. The summed E-state index contributed by atoms with van der Waals surface area (Å²) in [5.74, 6) is 4.18. The van der Waals surface area contributed by atoms with Crippen molar-refractivity contribution in [1.82, 2.24) is 9.71 Å². The number of aliphatic carboxylic acids is 1. The van der Waals surface area contributed by atoms with Crippen LogP contribution in [0.15, 0.2) is 53.3 Å². The number of hydrogen-bond acceptors (Lipinski definition) is 7. The zero-order chi connectivity index (χ0) is 27.0. The first kappa shape index (κ1) is 27.0. The van der Waals surface area contributed by atoms with Crippen LogP contribution in [0.25, 0.3) is 0 Å². The lowest BCUT2D eigenvalue weighted by molar-refractivity contribution is -0.137. The molecule has 3 rings (SSSR count). The van der Waals surface area contributed by atoms with Crippen LogP contribution in [-0.2, 0) is 14.5 Å². The molecule has 10 nitrogen and oxygen atoms in total. The Morgan fingerprint density at radius 2 is 1.97 bits per heavy atom. The van der Waals surface area contributed by atoms with E-state index in [2.05, 4.69) is 26.9 Å². The third kappa shape index (κ3) is 7.98. The van der Waals surface area contributed by atoms with E-state index < -0.39 is 21.6 Å². The molecule has 0 bridgehead atoms. The van der Waals surface area contributed by atoms with Crippen molar-refractivity contribution in [2.45, 2.75) is 26.2 Å². The minimum absolute atomic E-state index is 0.0528. The number of nitrogens with zero attached hydrogens (tertiary/aromatic N) is 1. The summed E-state index contributed by atoms with van der Waals surface area (Å²) in [4.78, 5) is 39.6. The monoisotopic (exact) mass is 522 g/mol. The van der Waals surface area contributed by atoms with Crippen molar-refractivity contribution in [2.75, 3.05) is 17.3 Å². The SMILES string of the molecule is Cc1ccoc1C(=O)Nc1cccc(C#Cc2cc(C(=O)NS(C)(=O)=CCCCC(=O)O)cnc2N)c1. The maximum Gasteiger partial charge on any atom is 0.303 e. The van der Waals surface area contributed by atoms with Crippen LogP contribution in [0.3, 0.4) is 0 Å². The van der Waals surface area contributed by atoms with Crippen LogP contribution in [0.5, 0.6) is 0 Å². The topological polar surface area (TPSA) is 165 Å². The number of amides is 2. The molecule has 0 radical (unpaired) electrons. The molecule has 0 saturated heterocycles. The summed E-state index contributed by atoms with van der Waals surface area (Å²) in [6, 6.07) is 10.00. The van der Waals surface area contributed by atoms with Gasteiger partial charge in [0.2, 0.25) is 0 Å². The van der Waals surface area contributed by atoms with Gasteiger partial charge in [-0.2, -0.15) is 0 Å². The van der Waals surface area contributed by atoms with E-state index in [-0.39, 0.29) is 35.9 Å². The van der Waals surface area contributed by atoms with E-state index in [0.29, 0.717) is 23.2 Å². The van der Waals surface area contributed by atoms with Gasteiger partial charge in [-0.1, -0.05) is 17.9 Å². The van der Waals surface area contributed by atoms with Crippen LogP contribution in [0.2, 0.25) is 0 Å². The number of pyridine rings is 1. The summed E-state index contributed by atoms with van der Waals surface area (Å²) >= 11 is 0. The van der Waals surface area contributed by atoms with Gasteiger partial charge in [-0.15, -0.1) is 0 Å². The lowest BCUT2D eigenvalue weighted by Crippen LogP contribution is -2.31. The van der Waals surface area contributed by atoms with E-state index >= 15 is 0 Å². The molecule has 0 aliphatic carbocycles. The molecule has 0 fully saturated rings. The Labute approximate surface area is 214 Å². The van der Waals surface area contributed by atoms with Crippen LogP contribution >= 0.6 is 0 Å². The highest BCUT2D eigenvalue weighted by Gasteiger charge is 2.14. The fraction of sp³-hybridized carbons (Fsp3) is 0.192. The van der Waals surface area contributed by atoms with Crippen molar-refractivity contribution >= 4 is 44.4 Å². The summed E-state index contributed by atoms with van der Waals surface area (Å²) in [5.41, 5.74) is 8.15. The second-order valence-corrected chi connectivity index (χ2v) is 10.5. The number of rotatable bonds is 8. The van der Waals surface area contributed by atoms with Gasteiger partial charge in [-0.25, -0.2) is 9.19 Å². The van der Waals surface area contributed by atoms with Crippen molar-refractivity contribution in [2.24, 2.45) is 0 Å². The Morgan fingerprint density at radius 1 is 1.19 bits per heavy atom. The number of benzene rings is 1. The van der Waals surface area contributed by atoms with Crippen LogP contribution in [0.4, 0.5) is 11.5 Å². The largest absolute Gasteiger partial charge is 0.481 e. The molecule has 1 unspecified atom stereocenters. The Morgan fingerprint density at radius 3 is 2.68 bits per heavy atom. The third-order valence-corrected chi connectivity index (χ3v) is 6.50. The van der Waals surface area contributed by atoms with E-state index in [4.69, 9.17) is 15.3 Å². The molecule has 1 aromatic carbocycles. The van der Waals surface area contributed by atoms with Gasteiger partial charge in [0.1, 0.15) is 5.82 Å². The van der Waals surface area contributed by atoms with Crippen molar-refractivity contribution in [3.05, 3.63) is 76.9 Å². The molecule has 192 valence electrons. The minimum Gasteiger partial charge on any atom is -0.481 e. The molecule has 5 N–H and O–H groups in total. The fourth-order valence-electron chi connectivity index (χ4n) is 3.15. The average Bonchev–Trinajstić information content (AvgIpc) is 3.27. The molecule has 11 heteroatoms. The van der Waals surface area contributed by atoms with Crippen molar-refractivity contribution in [1.29, 1.82) is 0 Å². The summed E-state index contributed by atoms with van der Waals surface area (Å²) in [5, 5.41) is 12.8. The molecule has 0 aliphatic rings. The molecule has 37 heavy (non-hydrogen) atoms. The summed E-state index contributed by atoms with van der Waals surface area (Å²) in [6.07, 6.45) is 4.59. The number of carbonyl (C=O) groups is 3. The molecule has 3 aromatic rings. The fourth-order valence-corrected chi connectivity index (χ4v) is 4.34. The van der Waals surface area contributed by atoms with Crippen LogP contribution in [0, 0.1) is 18.8 Å². The van der Waals surface area contributed by atoms with E-state index in [1.165, 1.54) is 30.1 Å². The predicted molar refractivity (Wildman–Crippen MR) is 142 cm³/mol. The number of furan rings is 1. The number of unbranched alkanes of at least 4 members (excludes halogenated alkanes) is 1. The van der Waals surface area contributed by atoms with Crippen LogP contribution in [0.1, 0.15) is 56.9 Å². The number of carboxylic acids is 1. The highest BCUT2D eigenvalue weighted by molar-refractivity contribution is 7.99. The molecule has 2 aromatic heterocycles. The number of aromatic nitrogens is 1. The number of nitrogens with one attached hydrogen (secondary N) is 2. The molecule has 2 heterocycles. The predicted octanol–water partition coefficient (Wildman–Crippen LogP) is 2.83. The molecule has 0 spiro atoms. The zero-order valence-electron chi connectivity index (χ0n) is 20.2. The van der Waals surface area contributed by atoms with Crippen molar-refractivity contribution in [3.8, 4) is 11.8 Å². The number of hydrogen-bond donors (Lipinski definition) is 4. The van der Waals surface area contributed by atoms with E-state index in [9.17, 15) is 18.6 Å². The minimum atomic E-state index is -2.84. The van der Waals surface area contributed by atoms with Gasteiger partial charge >= 0.3 is 5.97 Å². The number of nitrogen functional groups attached to an aromatic ring is 1. The van der Waals surface area contributed by atoms with Crippen LogP contribution < -0.4 is 15.8 Å². The van der Waals surface area contributed by atoms with Crippen molar-refractivity contribution in [3.63, 3.8) is 0 Å². The normalized spacial score (nSPS) is 11.9. The number of carboxylic acid groups (broad SMARTS) is 1. The molecular weight excluding hydrogens is 496 g/mol. The van der Waals surface area contributed by atoms with Gasteiger partial charge in [0, 0.05) is 45.4 Å². The van der Waals surface area contributed by atoms with Crippen LogP contribution in [-0.4, -0.2) is 43.7 Å². The highest BCUT2D eigenvalue weighted by atomic mass is 32.2. The Kier molecular flexibility index (Phi) is 8.71. The Bertz CT molecular complexity index is 1520. The second kappa shape index (κ2) is 11.9. The van der Waals surface area contributed by atoms with E-state index in [1.54, 1.807) is 37.3 Å². The first-order valence-corrected chi connectivity index (χ1v) is 13.2. The maximum absolute atomic E-state index is 12.6. The smallest absolute Gasteiger partial charge is 0.303 e. The average molecular weight is 523 g/mol. The first-order chi connectivity index (χ1) is 17.5. The van der Waals surface area contributed by atoms with Gasteiger partial charge < -0.3 is 20.6 Å². The standard InChI is InChI=1S/C26H26N4O6S/c1-17-11-12-36-23(17)26(34)29-21-7-5-6-18(14-21)9-10-19-15-20(16-28-24(19)27)25(33)30-37(2,35)13-4-3-8-22(31)32/h5-7,11-16H,3-4,8H2,1-2H3,(H2,27,28)(H,29,34)(H,31,32)(H,30,33,35). The molecule has 2 amide bonds. The van der Waals surface area contributed by atoms with E-state index in [1.807, 2.05) is 0 Å². The summed E-state index contributed by atoms with van der Waals surface area (Å²) < 4.78 is 20.3. The van der Waals surface area contributed by atoms with Gasteiger partial charge in [0.25, 0.3) is 11.8 Å².